The van der Waals surface area contributed by atoms with Crippen molar-refractivity contribution in [2.45, 2.75) is 99.3 Å². The second-order valence-corrected chi connectivity index (χ2v) is 15.0. The molecule has 36 heavy (non-hydrogen) atoms. The number of carbonyl (C=O) groups excluding carboxylic acids is 3. The summed E-state index contributed by atoms with van der Waals surface area (Å²) in [5, 5.41) is 9.99. The van der Waals surface area contributed by atoms with Gasteiger partial charge in [0.25, 0.3) is 0 Å². The summed E-state index contributed by atoms with van der Waals surface area (Å²) in [5.41, 5.74) is -0.701. The van der Waals surface area contributed by atoms with Gasteiger partial charge in [0, 0.05) is 23.3 Å². The third-order valence-corrected chi connectivity index (χ3v) is 12.5. The molecule has 5 aliphatic rings. The minimum absolute atomic E-state index is 0.0231. The number of allylic oxidation sites excluding steroid dienone is 1. The summed E-state index contributed by atoms with van der Waals surface area (Å²) in [6.45, 7) is 13.3. The number of fused-ring (bicyclic) bond motifs is 7. The highest BCUT2D eigenvalue weighted by atomic mass is 16.5. The molecular weight excluding hydrogens is 452 g/mol. The molecule has 5 heteroatoms. The first-order valence-corrected chi connectivity index (χ1v) is 14.2. The van der Waals surface area contributed by atoms with Crippen molar-refractivity contribution in [3.63, 3.8) is 0 Å². The van der Waals surface area contributed by atoms with Gasteiger partial charge in [-0.2, -0.15) is 0 Å². The van der Waals surface area contributed by atoms with Crippen molar-refractivity contribution in [3.8, 4) is 0 Å². The van der Waals surface area contributed by atoms with Crippen molar-refractivity contribution < 1.29 is 24.2 Å². The molecule has 0 heterocycles. The first-order chi connectivity index (χ1) is 16.7. The predicted molar refractivity (Wildman–Crippen MR) is 138 cm³/mol. The molecule has 5 saturated carbocycles. The summed E-state index contributed by atoms with van der Waals surface area (Å²) in [7, 11) is 1.50. The fourth-order valence-electron chi connectivity index (χ4n) is 10.8. The summed E-state index contributed by atoms with van der Waals surface area (Å²) in [6.07, 6.45) is 8.47. The maximum atomic E-state index is 14.3. The van der Waals surface area contributed by atoms with E-state index in [2.05, 4.69) is 27.7 Å². The number of hydrogen-bond donors (Lipinski definition) is 1. The average Bonchev–Trinajstić information content (AvgIpc) is 2.81. The lowest BCUT2D eigenvalue weighted by Gasteiger charge is -2.68. The van der Waals surface area contributed by atoms with Gasteiger partial charge in [-0.15, -0.1) is 0 Å². The van der Waals surface area contributed by atoms with Gasteiger partial charge in [-0.3, -0.25) is 14.4 Å². The molecule has 5 nitrogen and oxygen atoms in total. The van der Waals surface area contributed by atoms with Crippen LogP contribution in [-0.4, -0.2) is 29.8 Å². The molecule has 0 amide bonds. The summed E-state index contributed by atoms with van der Waals surface area (Å²) in [6, 6.07) is 0. The van der Waals surface area contributed by atoms with E-state index in [0.29, 0.717) is 24.2 Å². The Morgan fingerprint density at radius 3 is 2.25 bits per heavy atom. The van der Waals surface area contributed by atoms with Crippen LogP contribution in [0.25, 0.3) is 0 Å². The van der Waals surface area contributed by atoms with Crippen LogP contribution in [0.4, 0.5) is 0 Å². The van der Waals surface area contributed by atoms with Crippen LogP contribution in [0, 0.1) is 56.7 Å². The standard InChI is InChI=1S/C31H46O5/c1-27(2)12-13-31(26(35)36-7)11-8-19-24(20(31)16-27)21(33)14-23-29(19,5)10-9-22-28(3,4)25(34)18(17-32)15-30(22,23)6/h17,19-20,22-24,32H,8-16H2,1-7H3/b18-17-. The van der Waals surface area contributed by atoms with Crippen LogP contribution in [0.1, 0.15) is 99.3 Å². The van der Waals surface area contributed by atoms with E-state index in [1.165, 1.54) is 7.11 Å². The zero-order valence-corrected chi connectivity index (χ0v) is 23.4. The van der Waals surface area contributed by atoms with Crippen molar-refractivity contribution in [1.82, 2.24) is 0 Å². The van der Waals surface area contributed by atoms with E-state index in [4.69, 9.17) is 4.74 Å². The molecule has 0 radical (unpaired) electrons. The van der Waals surface area contributed by atoms with Gasteiger partial charge in [-0.1, -0.05) is 41.5 Å². The molecule has 0 saturated heterocycles. The minimum atomic E-state index is -0.553. The number of esters is 1. The Hall–Kier alpha value is -1.65. The van der Waals surface area contributed by atoms with Crippen LogP contribution in [0.3, 0.4) is 0 Å². The maximum absolute atomic E-state index is 14.3. The van der Waals surface area contributed by atoms with Crippen LogP contribution in [0.5, 0.6) is 0 Å². The largest absolute Gasteiger partial charge is 0.515 e. The molecule has 5 aliphatic carbocycles. The zero-order chi connectivity index (χ0) is 26.5. The first-order valence-electron chi connectivity index (χ1n) is 14.2. The summed E-state index contributed by atoms with van der Waals surface area (Å²) < 4.78 is 5.40. The van der Waals surface area contributed by atoms with Crippen molar-refractivity contribution >= 4 is 17.5 Å². The minimum Gasteiger partial charge on any atom is -0.515 e. The molecule has 0 bridgehead atoms. The lowest BCUT2D eigenvalue weighted by atomic mass is 9.35. The second-order valence-electron chi connectivity index (χ2n) is 15.0. The molecule has 8 unspecified atom stereocenters. The maximum Gasteiger partial charge on any atom is 0.312 e. The molecule has 0 aromatic rings. The van der Waals surface area contributed by atoms with Gasteiger partial charge in [-0.25, -0.2) is 0 Å². The Bertz CT molecular complexity index is 1020. The number of aliphatic hydroxyl groups is 1. The number of aliphatic hydroxyl groups excluding tert-OH is 1. The molecule has 5 rings (SSSR count). The molecule has 200 valence electrons. The summed E-state index contributed by atoms with van der Waals surface area (Å²) >= 11 is 0. The van der Waals surface area contributed by atoms with Crippen LogP contribution in [0.2, 0.25) is 0 Å². The van der Waals surface area contributed by atoms with Crippen molar-refractivity contribution in [2.24, 2.45) is 56.7 Å². The third-order valence-electron chi connectivity index (χ3n) is 12.5. The Morgan fingerprint density at radius 1 is 0.917 bits per heavy atom. The lowest BCUT2D eigenvalue weighted by molar-refractivity contribution is -0.206. The average molecular weight is 499 g/mol. The van der Waals surface area contributed by atoms with Crippen LogP contribution in [-0.2, 0) is 19.1 Å². The fraction of sp³-hybridized carbons (Fsp3) is 0.839. The predicted octanol–water partition coefficient (Wildman–Crippen LogP) is 6.45. The molecule has 0 aliphatic heterocycles. The molecule has 0 aromatic heterocycles. The highest BCUT2D eigenvalue weighted by Gasteiger charge is 2.69. The third kappa shape index (κ3) is 3.22. The van der Waals surface area contributed by atoms with Crippen LogP contribution < -0.4 is 0 Å². The second kappa shape index (κ2) is 7.93. The Labute approximate surface area is 216 Å². The highest BCUT2D eigenvalue weighted by Crippen LogP contribution is 2.72. The topological polar surface area (TPSA) is 80.7 Å². The monoisotopic (exact) mass is 498 g/mol. The van der Waals surface area contributed by atoms with E-state index in [1.807, 2.05) is 13.8 Å². The molecule has 8 atom stereocenters. The van der Waals surface area contributed by atoms with Gasteiger partial charge >= 0.3 is 5.97 Å². The lowest BCUT2D eigenvalue weighted by Crippen LogP contribution is -2.66. The zero-order valence-electron chi connectivity index (χ0n) is 23.4. The van der Waals surface area contributed by atoms with E-state index in [1.54, 1.807) is 0 Å². The van der Waals surface area contributed by atoms with Crippen LogP contribution >= 0.6 is 0 Å². The number of carbonyl (C=O) groups is 3. The Balaban J connectivity index is 1.57. The van der Waals surface area contributed by atoms with E-state index >= 15 is 0 Å². The molecular formula is C31H46O5. The quantitative estimate of drug-likeness (QED) is 0.255. The molecule has 5 fully saturated rings. The molecule has 0 aromatic carbocycles. The molecule has 0 spiro atoms. The fourth-order valence-corrected chi connectivity index (χ4v) is 10.8. The van der Waals surface area contributed by atoms with Gasteiger partial charge in [-0.05, 0) is 91.3 Å². The van der Waals surface area contributed by atoms with Crippen molar-refractivity contribution in [2.75, 3.05) is 7.11 Å². The van der Waals surface area contributed by atoms with Gasteiger partial charge < -0.3 is 9.84 Å². The number of ether oxygens (including phenoxy) is 1. The van der Waals surface area contributed by atoms with Gasteiger partial charge in [0.05, 0.1) is 18.8 Å². The van der Waals surface area contributed by atoms with E-state index in [-0.39, 0.29) is 57.6 Å². The molecule has 1 N–H and O–H groups in total. The number of methoxy groups -OCH3 is 1. The van der Waals surface area contributed by atoms with Gasteiger partial charge in [0.1, 0.15) is 5.78 Å². The van der Waals surface area contributed by atoms with E-state index in [9.17, 15) is 19.5 Å². The number of ketones is 2. The Morgan fingerprint density at radius 2 is 1.61 bits per heavy atom. The van der Waals surface area contributed by atoms with Crippen LogP contribution in [0.15, 0.2) is 11.8 Å². The normalized spacial score (nSPS) is 48.3. The highest BCUT2D eigenvalue weighted by molar-refractivity contribution is 6.00. The van der Waals surface area contributed by atoms with Gasteiger partial charge in [0.2, 0.25) is 0 Å². The van der Waals surface area contributed by atoms with Crippen molar-refractivity contribution in [3.05, 3.63) is 11.8 Å². The summed E-state index contributed by atoms with van der Waals surface area (Å²) in [5.74, 6) is 0.829. The smallest absolute Gasteiger partial charge is 0.312 e. The Kier molecular flexibility index (Phi) is 5.72. The first kappa shape index (κ1) is 26.0. The SMILES string of the molecule is COC(=O)C12CCC3C(C(=O)CC4C3(C)CCC3C(C)(C)C(=O)/C(=C\O)CC34C)C1CC(C)(C)CC2. The number of rotatable bonds is 1. The number of Topliss-reactive ketones (excluding diaryl/α,β-unsaturated/α-hetero) is 2. The summed E-state index contributed by atoms with van der Waals surface area (Å²) in [4.78, 5) is 40.8. The van der Waals surface area contributed by atoms with Gasteiger partial charge in [0.15, 0.2) is 5.78 Å². The van der Waals surface area contributed by atoms with E-state index in [0.717, 1.165) is 51.2 Å². The number of hydrogen-bond acceptors (Lipinski definition) is 5. The van der Waals surface area contributed by atoms with E-state index < -0.39 is 10.8 Å². The van der Waals surface area contributed by atoms with Crippen molar-refractivity contribution in [1.29, 1.82) is 0 Å².